The highest BCUT2D eigenvalue weighted by Crippen LogP contribution is 2.23. The average Bonchev–Trinajstić information content (AvgIpc) is 2.72. The van der Waals surface area contributed by atoms with Gasteiger partial charge in [-0.2, -0.15) is 5.10 Å². The Labute approximate surface area is 126 Å². The van der Waals surface area contributed by atoms with Crippen molar-refractivity contribution < 1.29 is 0 Å². The molecule has 1 aromatic rings. The van der Waals surface area contributed by atoms with Gasteiger partial charge in [0, 0.05) is 25.5 Å². The van der Waals surface area contributed by atoms with Crippen molar-refractivity contribution in [2.75, 3.05) is 19.0 Å². The minimum Gasteiger partial charge on any atom is -0.296 e. The van der Waals surface area contributed by atoms with Crippen molar-refractivity contribution >= 4 is 23.2 Å². The van der Waals surface area contributed by atoms with E-state index in [1.54, 1.807) is 0 Å². The molecule has 0 atom stereocenters. The van der Waals surface area contributed by atoms with Gasteiger partial charge in [-0.3, -0.25) is 9.58 Å². The van der Waals surface area contributed by atoms with E-state index < -0.39 is 0 Å². The highest BCUT2D eigenvalue weighted by atomic mass is 35.5. The molecule has 0 saturated heterocycles. The predicted molar refractivity (Wildman–Crippen MR) is 83.2 cm³/mol. The largest absolute Gasteiger partial charge is 0.296 e. The van der Waals surface area contributed by atoms with Crippen LogP contribution in [-0.4, -0.2) is 33.6 Å². The first-order chi connectivity index (χ1) is 9.17. The topological polar surface area (TPSA) is 21.1 Å². The Morgan fingerprint density at radius 2 is 1.95 bits per heavy atom. The predicted octanol–water partition coefficient (Wildman–Crippen LogP) is 3.96. The van der Waals surface area contributed by atoms with Crippen LogP contribution in [0.3, 0.4) is 0 Å². The van der Waals surface area contributed by atoms with E-state index in [-0.39, 0.29) is 0 Å². The fourth-order valence-electron chi connectivity index (χ4n) is 2.15. The molecule has 0 saturated carbocycles. The minimum atomic E-state index is 0.655. The normalized spacial score (nSPS) is 11.5. The number of unbranched alkanes of at least 4 members (excludes halogenated alkanes) is 1. The number of alkyl halides is 1. The van der Waals surface area contributed by atoms with Gasteiger partial charge in [0.2, 0.25) is 0 Å². The van der Waals surface area contributed by atoms with E-state index in [0.717, 1.165) is 49.0 Å². The Hall–Kier alpha value is -0.250. The third-order valence-corrected chi connectivity index (χ3v) is 3.90. The van der Waals surface area contributed by atoms with Gasteiger partial charge in [0.05, 0.1) is 16.4 Å². The minimum absolute atomic E-state index is 0.655. The quantitative estimate of drug-likeness (QED) is 0.644. The fraction of sp³-hybridized carbons (Fsp3) is 0.786. The molecular formula is C14H25Cl2N3. The van der Waals surface area contributed by atoms with Crippen LogP contribution in [-0.2, 0) is 19.5 Å². The summed E-state index contributed by atoms with van der Waals surface area (Å²) < 4.78 is 2.02. The van der Waals surface area contributed by atoms with Crippen molar-refractivity contribution in [3.05, 3.63) is 16.4 Å². The molecule has 110 valence electrons. The molecule has 0 bridgehead atoms. The van der Waals surface area contributed by atoms with Crippen LogP contribution < -0.4 is 0 Å². The molecule has 0 aliphatic heterocycles. The van der Waals surface area contributed by atoms with Gasteiger partial charge in [-0.15, -0.1) is 11.6 Å². The first kappa shape index (κ1) is 16.8. The summed E-state index contributed by atoms with van der Waals surface area (Å²) in [7, 11) is 0. The maximum Gasteiger partial charge on any atom is 0.0863 e. The smallest absolute Gasteiger partial charge is 0.0863 e. The maximum absolute atomic E-state index is 6.44. The van der Waals surface area contributed by atoms with Crippen molar-refractivity contribution in [3.8, 4) is 0 Å². The Kier molecular flexibility index (Phi) is 7.81. The molecule has 0 aromatic carbocycles. The van der Waals surface area contributed by atoms with Gasteiger partial charge in [0.1, 0.15) is 0 Å². The zero-order valence-corrected chi connectivity index (χ0v) is 13.8. The molecule has 19 heavy (non-hydrogen) atoms. The van der Waals surface area contributed by atoms with Crippen molar-refractivity contribution in [1.82, 2.24) is 14.7 Å². The Morgan fingerprint density at radius 1 is 1.21 bits per heavy atom. The summed E-state index contributed by atoms with van der Waals surface area (Å²) in [6, 6.07) is 0. The molecule has 0 radical (unpaired) electrons. The number of nitrogens with zero attached hydrogens (tertiary/aromatic N) is 3. The molecule has 1 heterocycles. The van der Waals surface area contributed by atoms with Crippen LogP contribution in [0.25, 0.3) is 0 Å². The summed E-state index contributed by atoms with van der Waals surface area (Å²) in [5.41, 5.74) is 2.13. The van der Waals surface area contributed by atoms with E-state index in [1.165, 1.54) is 12.8 Å². The number of halogens is 2. The molecule has 1 rings (SSSR count). The highest BCUT2D eigenvalue weighted by molar-refractivity contribution is 6.31. The number of aromatic nitrogens is 2. The second-order valence-corrected chi connectivity index (χ2v) is 5.45. The molecule has 0 N–H and O–H groups in total. The molecule has 0 aliphatic carbocycles. The lowest BCUT2D eigenvalue weighted by molar-refractivity contribution is 0.268. The van der Waals surface area contributed by atoms with Crippen molar-refractivity contribution in [3.63, 3.8) is 0 Å². The number of rotatable bonds is 9. The highest BCUT2D eigenvalue weighted by Gasteiger charge is 2.16. The van der Waals surface area contributed by atoms with E-state index in [0.29, 0.717) is 5.88 Å². The first-order valence-corrected chi connectivity index (χ1v) is 8.11. The van der Waals surface area contributed by atoms with E-state index in [9.17, 15) is 0 Å². The Bertz CT molecular complexity index is 377. The molecule has 3 nitrogen and oxygen atoms in total. The van der Waals surface area contributed by atoms with Gasteiger partial charge in [-0.05, 0) is 26.3 Å². The third-order valence-electron chi connectivity index (χ3n) is 3.30. The van der Waals surface area contributed by atoms with Crippen LogP contribution >= 0.6 is 23.2 Å². The zero-order valence-electron chi connectivity index (χ0n) is 12.3. The molecule has 0 fully saturated rings. The van der Waals surface area contributed by atoms with Crippen molar-refractivity contribution in [1.29, 1.82) is 0 Å². The van der Waals surface area contributed by atoms with Crippen molar-refractivity contribution in [2.45, 2.75) is 53.1 Å². The van der Waals surface area contributed by atoms with Gasteiger partial charge < -0.3 is 0 Å². The van der Waals surface area contributed by atoms with Crippen molar-refractivity contribution in [2.24, 2.45) is 0 Å². The maximum atomic E-state index is 6.44. The molecule has 0 amide bonds. The number of aryl methyl sites for hydroxylation is 2. The first-order valence-electron chi connectivity index (χ1n) is 7.20. The van der Waals surface area contributed by atoms with E-state index in [2.05, 4.69) is 30.8 Å². The lowest BCUT2D eigenvalue weighted by Crippen LogP contribution is -2.28. The monoisotopic (exact) mass is 305 g/mol. The number of hydrogen-bond donors (Lipinski definition) is 0. The molecule has 1 aromatic heterocycles. The summed E-state index contributed by atoms with van der Waals surface area (Å²) >= 11 is 12.3. The van der Waals surface area contributed by atoms with Crippen LogP contribution in [0.2, 0.25) is 5.02 Å². The summed E-state index contributed by atoms with van der Waals surface area (Å²) in [5, 5.41) is 5.40. The van der Waals surface area contributed by atoms with Gasteiger partial charge in [0.15, 0.2) is 0 Å². The van der Waals surface area contributed by atoms with Gasteiger partial charge in [-0.25, -0.2) is 0 Å². The van der Waals surface area contributed by atoms with Crippen LogP contribution in [0.15, 0.2) is 0 Å². The summed E-state index contributed by atoms with van der Waals surface area (Å²) in [6.45, 7) is 10.1. The van der Waals surface area contributed by atoms with Gasteiger partial charge >= 0.3 is 0 Å². The Balaban J connectivity index is 2.84. The van der Waals surface area contributed by atoms with Crippen LogP contribution in [0.4, 0.5) is 0 Å². The lowest BCUT2D eigenvalue weighted by Gasteiger charge is -2.21. The average molecular weight is 306 g/mol. The van der Waals surface area contributed by atoms with E-state index in [4.69, 9.17) is 23.2 Å². The van der Waals surface area contributed by atoms with Crippen LogP contribution in [0.1, 0.15) is 45.0 Å². The van der Waals surface area contributed by atoms with Crippen LogP contribution in [0, 0.1) is 0 Å². The summed E-state index contributed by atoms with van der Waals surface area (Å²) in [4.78, 5) is 2.37. The number of hydrogen-bond acceptors (Lipinski definition) is 2. The molecule has 0 aliphatic rings. The van der Waals surface area contributed by atoms with E-state index in [1.807, 2.05) is 4.68 Å². The molecule has 5 heteroatoms. The SMILES string of the molecule is CCCCN(CCCl)Cc1c(Cl)c(CC)nn1CC. The fourth-order valence-corrected chi connectivity index (χ4v) is 2.72. The van der Waals surface area contributed by atoms with Gasteiger partial charge in [0.25, 0.3) is 0 Å². The second-order valence-electron chi connectivity index (χ2n) is 4.70. The molecular weight excluding hydrogens is 281 g/mol. The van der Waals surface area contributed by atoms with E-state index >= 15 is 0 Å². The second kappa shape index (κ2) is 8.83. The zero-order chi connectivity index (χ0) is 14.3. The summed E-state index contributed by atoms with van der Waals surface area (Å²) in [6.07, 6.45) is 3.26. The molecule has 0 spiro atoms. The standard InChI is InChI=1S/C14H25Cl2N3/c1-4-7-9-18(10-8-15)11-13-14(16)12(5-2)17-19(13)6-3/h4-11H2,1-3H3. The third kappa shape index (κ3) is 4.66. The van der Waals surface area contributed by atoms with Crippen LogP contribution in [0.5, 0.6) is 0 Å². The van der Waals surface area contributed by atoms with Gasteiger partial charge in [-0.1, -0.05) is 31.9 Å². The molecule has 0 unspecified atom stereocenters. The lowest BCUT2D eigenvalue weighted by atomic mass is 10.2. The Morgan fingerprint density at radius 3 is 2.47 bits per heavy atom. The summed E-state index contributed by atoms with van der Waals surface area (Å²) in [5.74, 6) is 0.655.